The smallest absolute Gasteiger partial charge is 0.343 e. The number of rotatable bonds is 8. The first-order valence-electron chi connectivity index (χ1n) is 10.0. The van der Waals surface area contributed by atoms with Crippen LogP contribution in [-0.2, 0) is 16.1 Å². The number of esters is 1. The van der Waals surface area contributed by atoms with Gasteiger partial charge in [-0.3, -0.25) is 0 Å². The summed E-state index contributed by atoms with van der Waals surface area (Å²) in [4.78, 5) is 11.6. The van der Waals surface area contributed by atoms with Crippen molar-refractivity contribution in [3.63, 3.8) is 0 Å². The fraction of sp³-hybridized carbons (Fsp3) is 0.240. The molecule has 1 aliphatic rings. The molecule has 0 saturated carbocycles. The van der Waals surface area contributed by atoms with E-state index in [1.165, 1.54) is 7.11 Å². The van der Waals surface area contributed by atoms with Gasteiger partial charge in [-0.2, -0.15) is 0 Å². The molecule has 0 radical (unpaired) electrons. The lowest BCUT2D eigenvalue weighted by Gasteiger charge is -2.18. The number of hydrogen-bond donors (Lipinski definition) is 0. The van der Waals surface area contributed by atoms with Crippen LogP contribution in [0.25, 0.3) is 0 Å². The molecule has 0 bridgehead atoms. The normalized spacial score (nSPS) is 12.8. The van der Waals surface area contributed by atoms with Gasteiger partial charge in [0.15, 0.2) is 18.1 Å². The van der Waals surface area contributed by atoms with Gasteiger partial charge in [-0.05, 0) is 29.3 Å². The number of benzene rings is 3. The lowest BCUT2D eigenvalue weighted by molar-refractivity contribution is -0.142. The summed E-state index contributed by atoms with van der Waals surface area (Å²) < 4.78 is 27.3. The molecule has 0 aliphatic carbocycles. The number of ether oxygens (including phenoxy) is 5. The van der Waals surface area contributed by atoms with Gasteiger partial charge in [-0.1, -0.05) is 49.4 Å². The average Bonchev–Trinajstić information content (AvgIpc) is 3.28. The fourth-order valence-corrected chi connectivity index (χ4v) is 3.37. The van der Waals surface area contributed by atoms with Gasteiger partial charge >= 0.3 is 5.97 Å². The number of carbonyl (C=O) groups excluding carboxylic acids is 1. The summed E-state index contributed by atoms with van der Waals surface area (Å²) in [6, 6.07) is 21.7. The Kier molecular flexibility index (Phi) is 6.26. The van der Waals surface area contributed by atoms with E-state index in [0.717, 1.165) is 22.4 Å². The maximum absolute atomic E-state index is 11.6. The Morgan fingerprint density at radius 2 is 1.68 bits per heavy atom. The molecule has 6 nitrogen and oxygen atoms in total. The monoisotopic (exact) mass is 420 g/mol. The molecular weight excluding hydrogens is 396 g/mol. The van der Waals surface area contributed by atoms with E-state index in [2.05, 4.69) is 11.7 Å². The van der Waals surface area contributed by atoms with Crippen LogP contribution in [0.15, 0.2) is 66.7 Å². The van der Waals surface area contributed by atoms with E-state index in [9.17, 15) is 4.79 Å². The van der Waals surface area contributed by atoms with Crippen LogP contribution >= 0.6 is 0 Å². The van der Waals surface area contributed by atoms with E-state index in [1.54, 1.807) is 6.07 Å². The highest BCUT2D eigenvalue weighted by Gasteiger charge is 2.22. The quantitative estimate of drug-likeness (QED) is 0.493. The van der Waals surface area contributed by atoms with Gasteiger partial charge in [0, 0.05) is 17.5 Å². The zero-order valence-corrected chi connectivity index (χ0v) is 17.5. The molecule has 1 aliphatic heterocycles. The third-order valence-corrected chi connectivity index (χ3v) is 5.17. The zero-order chi connectivity index (χ0) is 21.6. The Bertz CT molecular complexity index is 1030. The molecule has 0 fully saturated rings. The molecule has 0 amide bonds. The molecule has 0 unspecified atom stereocenters. The summed E-state index contributed by atoms with van der Waals surface area (Å²) in [5.41, 5.74) is 3.09. The topological polar surface area (TPSA) is 63.2 Å². The third kappa shape index (κ3) is 4.91. The van der Waals surface area contributed by atoms with Crippen LogP contribution in [0.4, 0.5) is 0 Å². The van der Waals surface area contributed by atoms with E-state index < -0.39 is 5.97 Å². The van der Waals surface area contributed by atoms with E-state index >= 15 is 0 Å². The summed E-state index contributed by atoms with van der Waals surface area (Å²) in [5.74, 6) is 2.16. The maximum Gasteiger partial charge on any atom is 0.343 e. The van der Waals surface area contributed by atoms with Gasteiger partial charge in [-0.15, -0.1) is 0 Å². The molecular formula is C25H24O6. The molecule has 31 heavy (non-hydrogen) atoms. The van der Waals surface area contributed by atoms with Gasteiger partial charge in [-0.25, -0.2) is 4.79 Å². The van der Waals surface area contributed by atoms with Crippen molar-refractivity contribution in [3.8, 4) is 23.0 Å². The van der Waals surface area contributed by atoms with Gasteiger partial charge in [0.2, 0.25) is 6.79 Å². The summed E-state index contributed by atoms with van der Waals surface area (Å²) in [6.45, 7) is 2.57. The number of methoxy groups -OCH3 is 1. The minimum Gasteiger partial charge on any atom is -0.489 e. The minimum absolute atomic E-state index is 0.00896. The lowest BCUT2D eigenvalue weighted by atomic mass is 9.92. The van der Waals surface area contributed by atoms with Gasteiger partial charge < -0.3 is 23.7 Å². The Morgan fingerprint density at radius 1 is 0.968 bits per heavy atom. The second-order valence-corrected chi connectivity index (χ2v) is 7.17. The SMILES string of the molecule is COC(=O)COc1cc2c(cc1[C@H](C)c1ccc(OCc3ccccc3)cc1)OCO2. The highest BCUT2D eigenvalue weighted by molar-refractivity contribution is 5.71. The van der Waals surface area contributed by atoms with Crippen LogP contribution in [0.3, 0.4) is 0 Å². The largest absolute Gasteiger partial charge is 0.489 e. The first-order valence-corrected chi connectivity index (χ1v) is 10.0. The molecule has 1 heterocycles. The van der Waals surface area contributed by atoms with Crippen LogP contribution in [0, 0.1) is 0 Å². The van der Waals surface area contributed by atoms with E-state index in [0.29, 0.717) is 23.9 Å². The highest BCUT2D eigenvalue weighted by Crippen LogP contribution is 2.42. The lowest BCUT2D eigenvalue weighted by Crippen LogP contribution is -2.14. The Hall–Kier alpha value is -3.67. The van der Waals surface area contributed by atoms with E-state index in [4.69, 9.17) is 18.9 Å². The van der Waals surface area contributed by atoms with Crippen molar-refractivity contribution < 1.29 is 28.5 Å². The summed E-state index contributed by atoms with van der Waals surface area (Å²) in [5, 5.41) is 0. The molecule has 3 aromatic carbocycles. The van der Waals surface area contributed by atoms with Crippen molar-refractivity contribution in [3.05, 3.63) is 83.4 Å². The first kappa shape index (κ1) is 20.6. The highest BCUT2D eigenvalue weighted by atomic mass is 16.7. The molecule has 1 atom stereocenters. The predicted molar refractivity (Wildman–Crippen MR) is 115 cm³/mol. The molecule has 3 aromatic rings. The van der Waals surface area contributed by atoms with Crippen LogP contribution in [0.1, 0.15) is 29.5 Å². The molecule has 0 spiro atoms. The van der Waals surface area contributed by atoms with Gasteiger partial charge in [0.25, 0.3) is 0 Å². The summed E-state index contributed by atoms with van der Waals surface area (Å²) >= 11 is 0. The Labute approximate surface area is 181 Å². The second kappa shape index (κ2) is 9.43. The first-order chi connectivity index (χ1) is 15.1. The molecule has 4 rings (SSSR count). The fourth-order valence-electron chi connectivity index (χ4n) is 3.37. The van der Waals surface area contributed by atoms with E-state index in [-0.39, 0.29) is 19.3 Å². The van der Waals surface area contributed by atoms with Crippen LogP contribution in [-0.4, -0.2) is 26.5 Å². The van der Waals surface area contributed by atoms with Crippen LogP contribution in [0.2, 0.25) is 0 Å². The Morgan fingerprint density at radius 3 is 2.39 bits per heavy atom. The second-order valence-electron chi connectivity index (χ2n) is 7.17. The predicted octanol–water partition coefficient (Wildman–Crippen LogP) is 4.70. The van der Waals surface area contributed by atoms with Crippen molar-refractivity contribution in [2.45, 2.75) is 19.4 Å². The number of fused-ring (bicyclic) bond motifs is 1. The number of carbonyl (C=O) groups is 1. The van der Waals surface area contributed by atoms with Gasteiger partial charge in [0.1, 0.15) is 18.1 Å². The minimum atomic E-state index is -0.448. The van der Waals surface area contributed by atoms with Crippen molar-refractivity contribution in [2.24, 2.45) is 0 Å². The molecule has 0 N–H and O–H groups in total. The summed E-state index contributed by atoms with van der Waals surface area (Å²) in [6.07, 6.45) is 0. The van der Waals surface area contributed by atoms with E-state index in [1.807, 2.05) is 60.7 Å². The summed E-state index contributed by atoms with van der Waals surface area (Å²) in [7, 11) is 1.33. The van der Waals surface area contributed by atoms with Gasteiger partial charge in [0.05, 0.1) is 7.11 Å². The average molecular weight is 420 g/mol. The van der Waals surface area contributed by atoms with Crippen molar-refractivity contribution in [1.82, 2.24) is 0 Å². The maximum atomic E-state index is 11.6. The van der Waals surface area contributed by atoms with Crippen LogP contribution in [0.5, 0.6) is 23.0 Å². The zero-order valence-electron chi connectivity index (χ0n) is 17.5. The standard InChI is InChI=1S/C25H24O6/c1-17(19-8-10-20(11-9-19)28-14-18-6-4-3-5-7-18)21-12-23-24(31-16-30-23)13-22(21)29-15-25(26)27-2/h3-13,17H,14-16H2,1-2H3/t17-/m1/s1. The number of hydrogen-bond acceptors (Lipinski definition) is 6. The molecule has 6 heteroatoms. The van der Waals surface area contributed by atoms with Crippen molar-refractivity contribution >= 4 is 5.97 Å². The van der Waals surface area contributed by atoms with Crippen molar-refractivity contribution in [1.29, 1.82) is 0 Å². The Balaban J connectivity index is 1.51. The third-order valence-electron chi connectivity index (χ3n) is 5.17. The van der Waals surface area contributed by atoms with Crippen molar-refractivity contribution in [2.75, 3.05) is 20.5 Å². The van der Waals surface area contributed by atoms with Crippen LogP contribution < -0.4 is 18.9 Å². The molecule has 0 saturated heterocycles. The molecule has 0 aromatic heterocycles. The molecule has 160 valence electrons.